The minimum atomic E-state index is -0.0938. The molecule has 0 saturated carbocycles. The van der Waals surface area contributed by atoms with Gasteiger partial charge in [0, 0.05) is 24.1 Å². The lowest BCUT2D eigenvalue weighted by Gasteiger charge is -2.23. The minimum Gasteiger partial charge on any atom is -0.357 e. The second kappa shape index (κ2) is 8.02. The molecule has 4 rings (SSSR count). The fraction of sp³-hybridized carbons (Fsp3) is 0.478. The molecule has 3 heterocycles. The van der Waals surface area contributed by atoms with Crippen LogP contribution in [0.2, 0.25) is 0 Å². The van der Waals surface area contributed by atoms with Gasteiger partial charge >= 0.3 is 0 Å². The van der Waals surface area contributed by atoms with Gasteiger partial charge < -0.3 is 9.30 Å². The standard InChI is InChI=1S/C23H28N4O2/c1-5-26-19-12-11-17(9-8-13-25(3)4)15-18(19)22-21(23(26)28)16(2)27(24-22)20-10-6-7-14-29-20/h11-12,15,20H,5-7,10,13-14H2,1-4H3. The summed E-state index contributed by atoms with van der Waals surface area (Å²) >= 11 is 0. The first-order valence-electron chi connectivity index (χ1n) is 10.3. The normalized spacial score (nSPS) is 17.1. The molecule has 152 valence electrons. The monoisotopic (exact) mass is 392 g/mol. The molecule has 1 aliphatic rings. The highest BCUT2D eigenvalue weighted by molar-refractivity contribution is 6.04. The smallest absolute Gasteiger partial charge is 0.262 e. The molecule has 0 radical (unpaired) electrons. The summed E-state index contributed by atoms with van der Waals surface area (Å²) in [5.74, 6) is 6.42. The molecule has 0 bridgehead atoms. The van der Waals surface area contributed by atoms with Gasteiger partial charge in [-0.2, -0.15) is 5.10 Å². The highest BCUT2D eigenvalue weighted by atomic mass is 16.5. The van der Waals surface area contributed by atoms with Crippen molar-refractivity contribution in [1.29, 1.82) is 0 Å². The molecule has 1 saturated heterocycles. The van der Waals surface area contributed by atoms with Crippen LogP contribution in [0.3, 0.4) is 0 Å². The summed E-state index contributed by atoms with van der Waals surface area (Å²) in [7, 11) is 4.00. The quantitative estimate of drug-likeness (QED) is 0.642. The Labute approximate surface area is 171 Å². The molecule has 1 atom stereocenters. The van der Waals surface area contributed by atoms with Gasteiger partial charge in [-0.1, -0.05) is 11.8 Å². The lowest BCUT2D eigenvalue weighted by atomic mass is 10.1. The lowest BCUT2D eigenvalue weighted by molar-refractivity contribution is -0.0402. The van der Waals surface area contributed by atoms with Crippen molar-refractivity contribution in [3.05, 3.63) is 39.8 Å². The van der Waals surface area contributed by atoms with E-state index in [0.717, 1.165) is 53.5 Å². The number of fused-ring (bicyclic) bond motifs is 3. The number of aromatic nitrogens is 3. The Morgan fingerprint density at radius 1 is 1.31 bits per heavy atom. The van der Waals surface area contributed by atoms with E-state index in [2.05, 4.69) is 17.9 Å². The fourth-order valence-electron chi connectivity index (χ4n) is 4.06. The van der Waals surface area contributed by atoms with Crippen molar-refractivity contribution in [2.45, 2.75) is 45.9 Å². The first-order chi connectivity index (χ1) is 14.0. The van der Waals surface area contributed by atoms with Crippen molar-refractivity contribution >= 4 is 21.8 Å². The van der Waals surface area contributed by atoms with Crippen LogP contribution >= 0.6 is 0 Å². The molecule has 29 heavy (non-hydrogen) atoms. The van der Waals surface area contributed by atoms with E-state index >= 15 is 0 Å². The molecule has 0 aliphatic carbocycles. The van der Waals surface area contributed by atoms with E-state index in [-0.39, 0.29) is 11.8 Å². The van der Waals surface area contributed by atoms with Crippen LogP contribution in [0.5, 0.6) is 0 Å². The number of benzene rings is 1. The van der Waals surface area contributed by atoms with Gasteiger partial charge in [0.2, 0.25) is 0 Å². The average Bonchev–Trinajstić information content (AvgIpc) is 3.07. The molecule has 3 aromatic rings. The van der Waals surface area contributed by atoms with Gasteiger partial charge in [-0.3, -0.25) is 9.69 Å². The molecule has 1 aromatic carbocycles. The van der Waals surface area contributed by atoms with E-state index in [9.17, 15) is 4.79 Å². The van der Waals surface area contributed by atoms with E-state index in [1.165, 1.54) is 0 Å². The number of ether oxygens (including phenoxy) is 1. The molecule has 2 aromatic heterocycles. The van der Waals surface area contributed by atoms with E-state index in [0.29, 0.717) is 18.5 Å². The zero-order valence-corrected chi connectivity index (χ0v) is 17.7. The summed E-state index contributed by atoms with van der Waals surface area (Å²) in [6.07, 6.45) is 3.03. The van der Waals surface area contributed by atoms with E-state index < -0.39 is 0 Å². The maximum atomic E-state index is 13.3. The number of hydrogen-bond acceptors (Lipinski definition) is 4. The second-order valence-corrected chi connectivity index (χ2v) is 7.90. The number of hydrogen-bond donors (Lipinski definition) is 0. The predicted octanol–water partition coefficient (Wildman–Crippen LogP) is 3.29. The second-order valence-electron chi connectivity index (χ2n) is 7.90. The zero-order chi connectivity index (χ0) is 20.5. The maximum absolute atomic E-state index is 13.3. The van der Waals surface area contributed by atoms with Crippen molar-refractivity contribution in [2.75, 3.05) is 27.2 Å². The van der Waals surface area contributed by atoms with Gasteiger partial charge in [0.15, 0.2) is 0 Å². The summed E-state index contributed by atoms with van der Waals surface area (Å²) in [6.45, 7) is 6.03. The summed E-state index contributed by atoms with van der Waals surface area (Å²) in [5.41, 5.74) is 3.48. The number of rotatable bonds is 3. The van der Waals surface area contributed by atoms with Gasteiger partial charge in [-0.15, -0.1) is 0 Å². The first-order valence-corrected chi connectivity index (χ1v) is 10.3. The van der Waals surface area contributed by atoms with Crippen LogP contribution in [-0.4, -0.2) is 46.5 Å². The summed E-state index contributed by atoms with van der Waals surface area (Å²) < 4.78 is 9.69. The highest BCUT2D eigenvalue weighted by Gasteiger charge is 2.23. The van der Waals surface area contributed by atoms with Crippen molar-refractivity contribution in [3.63, 3.8) is 0 Å². The molecule has 1 fully saturated rings. The Morgan fingerprint density at radius 2 is 2.14 bits per heavy atom. The van der Waals surface area contributed by atoms with Crippen LogP contribution < -0.4 is 5.56 Å². The maximum Gasteiger partial charge on any atom is 0.262 e. The minimum absolute atomic E-state index is 0.0148. The molecular formula is C23H28N4O2. The van der Waals surface area contributed by atoms with Gasteiger partial charge in [0.25, 0.3) is 5.56 Å². The van der Waals surface area contributed by atoms with Crippen LogP contribution in [-0.2, 0) is 11.3 Å². The molecule has 6 nitrogen and oxygen atoms in total. The fourth-order valence-corrected chi connectivity index (χ4v) is 4.06. The molecule has 6 heteroatoms. The molecule has 1 unspecified atom stereocenters. The summed E-state index contributed by atoms with van der Waals surface area (Å²) in [5, 5.41) is 6.53. The summed E-state index contributed by atoms with van der Waals surface area (Å²) in [4.78, 5) is 15.3. The Kier molecular flexibility index (Phi) is 5.44. The van der Waals surface area contributed by atoms with E-state index in [1.807, 2.05) is 54.2 Å². The van der Waals surface area contributed by atoms with Crippen molar-refractivity contribution in [1.82, 2.24) is 19.2 Å². The largest absolute Gasteiger partial charge is 0.357 e. The van der Waals surface area contributed by atoms with Gasteiger partial charge in [0.1, 0.15) is 11.7 Å². The molecule has 0 amide bonds. The molecule has 1 aliphatic heterocycles. The molecule has 0 N–H and O–H groups in total. The van der Waals surface area contributed by atoms with E-state index in [4.69, 9.17) is 9.84 Å². The lowest BCUT2D eigenvalue weighted by Crippen LogP contribution is -2.21. The number of nitrogens with zero attached hydrogens (tertiary/aromatic N) is 4. The van der Waals surface area contributed by atoms with Gasteiger partial charge in [0.05, 0.1) is 23.1 Å². The third-order valence-corrected chi connectivity index (χ3v) is 5.52. The number of aryl methyl sites for hydroxylation is 2. The van der Waals surface area contributed by atoms with Gasteiger partial charge in [-0.25, -0.2) is 4.68 Å². The van der Waals surface area contributed by atoms with Crippen LogP contribution in [0, 0.1) is 18.8 Å². The zero-order valence-electron chi connectivity index (χ0n) is 17.7. The van der Waals surface area contributed by atoms with Crippen LogP contribution in [0.15, 0.2) is 23.0 Å². The van der Waals surface area contributed by atoms with Crippen molar-refractivity contribution < 1.29 is 4.74 Å². The first kappa shape index (κ1) is 19.7. The predicted molar refractivity (Wildman–Crippen MR) is 116 cm³/mol. The van der Waals surface area contributed by atoms with Crippen LogP contribution in [0.4, 0.5) is 0 Å². The van der Waals surface area contributed by atoms with Crippen LogP contribution in [0.25, 0.3) is 21.8 Å². The average molecular weight is 393 g/mol. The topological polar surface area (TPSA) is 52.3 Å². The van der Waals surface area contributed by atoms with Gasteiger partial charge in [-0.05, 0) is 65.4 Å². The Hall–Kier alpha value is -2.62. The Morgan fingerprint density at radius 3 is 2.83 bits per heavy atom. The van der Waals surface area contributed by atoms with Crippen molar-refractivity contribution in [3.8, 4) is 11.8 Å². The van der Waals surface area contributed by atoms with E-state index in [1.54, 1.807) is 0 Å². The molecule has 0 spiro atoms. The summed E-state index contributed by atoms with van der Waals surface area (Å²) in [6, 6.07) is 6.03. The highest BCUT2D eigenvalue weighted by Crippen LogP contribution is 2.30. The Balaban J connectivity index is 1.95. The van der Waals surface area contributed by atoms with Crippen molar-refractivity contribution in [2.24, 2.45) is 0 Å². The molecular weight excluding hydrogens is 364 g/mol. The van der Waals surface area contributed by atoms with Crippen LogP contribution in [0.1, 0.15) is 43.7 Å². The third kappa shape index (κ3) is 3.57. The SMILES string of the molecule is CCn1c(=O)c2c(C)n(C3CCCCO3)nc2c2cc(C#CCN(C)C)ccc21. The number of pyridine rings is 1. The Bertz CT molecular complexity index is 1170. The third-order valence-electron chi connectivity index (χ3n) is 5.52.